The summed E-state index contributed by atoms with van der Waals surface area (Å²) in [7, 11) is 0. The molecule has 20 heavy (non-hydrogen) atoms. The van der Waals surface area contributed by atoms with E-state index in [0.29, 0.717) is 6.61 Å². The molecule has 0 aliphatic carbocycles. The number of carbonyl (C=O) groups excluding carboxylic acids is 1. The average Bonchev–Trinajstić information content (AvgIpc) is 2.46. The molecule has 0 saturated carbocycles. The topological polar surface area (TPSA) is 93.5 Å². The van der Waals surface area contributed by atoms with Gasteiger partial charge < -0.3 is 15.4 Å². The van der Waals surface area contributed by atoms with Crippen LogP contribution in [0.3, 0.4) is 0 Å². The van der Waals surface area contributed by atoms with Crippen LogP contribution in [0.1, 0.15) is 24.4 Å². The van der Waals surface area contributed by atoms with Gasteiger partial charge in [-0.1, -0.05) is 12.1 Å². The molecule has 0 aromatic heterocycles. The Balaban J connectivity index is 1.86. The van der Waals surface area contributed by atoms with Crippen molar-refractivity contribution in [1.82, 2.24) is 10.6 Å². The molecule has 2 fully saturated rings. The maximum Gasteiger partial charge on any atom is 0.317 e. The maximum atomic E-state index is 11.7. The third kappa shape index (κ3) is 2.32. The van der Waals surface area contributed by atoms with Gasteiger partial charge in [0.1, 0.15) is 6.23 Å². The van der Waals surface area contributed by atoms with Gasteiger partial charge in [0.2, 0.25) is 0 Å². The number of amides is 2. The Labute approximate surface area is 115 Å². The lowest BCUT2D eigenvalue weighted by molar-refractivity contribution is -0.384. The Morgan fingerprint density at radius 2 is 2.00 bits per heavy atom. The molecule has 7 heteroatoms. The highest BCUT2D eigenvalue weighted by molar-refractivity contribution is 5.75. The van der Waals surface area contributed by atoms with E-state index in [-0.39, 0.29) is 29.9 Å². The molecule has 106 valence electrons. The summed E-state index contributed by atoms with van der Waals surface area (Å²) in [6.07, 6.45) is 1.61. The fourth-order valence-electron chi connectivity index (χ4n) is 2.85. The van der Waals surface area contributed by atoms with E-state index >= 15 is 0 Å². The van der Waals surface area contributed by atoms with Gasteiger partial charge in [0.15, 0.2) is 0 Å². The van der Waals surface area contributed by atoms with Crippen LogP contribution in [0.15, 0.2) is 24.3 Å². The number of nitrogens with one attached hydrogen (secondary N) is 2. The number of hydrogen-bond donors (Lipinski definition) is 2. The molecule has 2 N–H and O–H groups in total. The number of fused-ring (bicyclic) bond motifs is 1. The minimum Gasteiger partial charge on any atom is -0.358 e. The minimum absolute atomic E-state index is 0.0467. The van der Waals surface area contributed by atoms with Crippen LogP contribution in [0.25, 0.3) is 0 Å². The first-order valence-electron chi connectivity index (χ1n) is 6.58. The number of ether oxygens (including phenoxy) is 1. The summed E-state index contributed by atoms with van der Waals surface area (Å²) in [5, 5.41) is 16.3. The van der Waals surface area contributed by atoms with E-state index in [1.807, 2.05) is 0 Å². The van der Waals surface area contributed by atoms with E-state index in [9.17, 15) is 14.9 Å². The van der Waals surface area contributed by atoms with Crippen molar-refractivity contribution in [3.8, 4) is 0 Å². The van der Waals surface area contributed by atoms with Crippen LogP contribution in [0.4, 0.5) is 10.5 Å². The monoisotopic (exact) mass is 277 g/mol. The summed E-state index contributed by atoms with van der Waals surface area (Å²) in [6.45, 7) is 0.647. The molecular formula is C13H15N3O4. The maximum absolute atomic E-state index is 11.7. The Morgan fingerprint density at radius 1 is 1.25 bits per heavy atom. The van der Waals surface area contributed by atoms with E-state index in [1.54, 1.807) is 12.1 Å². The molecule has 2 aliphatic heterocycles. The molecule has 0 radical (unpaired) electrons. The van der Waals surface area contributed by atoms with Crippen molar-refractivity contribution >= 4 is 11.7 Å². The van der Waals surface area contributed by atoms with Gasteiger partial charge in [0.25, 0.3) is 5.69 Å². The molecule has 0 spiro atoms. The number of urea groups is 1. The van der Waals surface area contributed by atoms with Gasteiger partial charge >= 0.3 is 6.03 Å². The van der Waals surface area contributed by atoms with Crippen LogP contribution in [0.2, 0.25) is 0 Å². The van der Waals surface area contributed by atoms with Crippen molar-refractivity contribution in [3.63, 3.8) is 0 Å². The Bertz CT molecular complexity index is 531. The molecule has 2 heterocycles. The van der Waals surface area contributed by atoms with E-state index in [1.165, 1.54) is 12.1 Å². The van der Waals surface area contributed by atoms with Gasteiger partial charge in [0.05, 0.1) is 11.0 Å². The summed E-state index contributed by atoms with van der Waals surface area (Å²) in [4.78, 5) is 21.9. The Kier molecular flexibility index (Phi) is 3.27. The Morgan fingerprint density at radius 3 is 2.70 bits per heavy atom. The van der Waals surface area contributed by atoms with Crippen LogP contribution in [0, 0.1) is 16.0 Å². The molecule has 2 saturated heterocycles. The first kappa shape index (κ1) is 12.9. The number of hydrogen-bond acceptors (Lipinski definition) is 4. The third-order valence-corrected chi connectivity index (χ3v) is 3.82. The molecule has 2 aliphatic rings. The lowest BCUT2D eigenvalue weighted by Gasteiger charge is -2.41. The number of rotatable bonds is 2. The average molecular weight is 277 g/mol. The van der Waals surface area contributed by atoms with Crippen LogP contribution in [-0.4, -0.2) is 23.8 Å². The zero-order valence-corrected chi connectivity index (χ0v) is 10.7. The molecule has 3 rings (SSSR count). The Hall–Kier alpha value is -2.15. The van der Waals surface area contributed by atoms with Crippen molar-refractivity contribution in [2.45, 2.75) is 25.1 Å². The zero-order chi connectivity index (χ0) is 14.1. The van der Waals surface area contributed by atoms with Gasteiger partial charge in [-0.15, -0.1) is 0 Å². The van der Waals surface area contributed by atoms with Crippen molar-refractivity contribution < 1.29 is 14.5 Å². The number of benzene rings is 1. The van der Waals surface area contributed by atoms with Gasteiger partial charge in [0, 0.05) is 24.7 Å². The number of non-ortho nitro benzene ring substituents is 1. The quantitative estimate of drug-likeness (QED) is 0.635. The lowest BCUT2D eigenvalue weighted by atomic mass is 9.85. The van der Waals surface area contributed by atoms with Gasteiger partial charge in [-0.25, -0.2) is 4.79 Å². The highest BCUT2D eigenvalue weighted by Gasteiger charge is 2.39. The normalized spacial score (nSPS) is 29.0. The number of nitro groups is 1. The number of nitrogens with zero attached hydrogens (tertiary/aromatic N) is 1. The van der Waals surface area contributed by atoms with E-state index in [4.69, 9.17) is 4.74 Å². The van der Waals surface area contributed by atoms with Crippen LogP contribution in [-0.2, 0) is 4.74 Å². The van der Waals surface area contributed by atoms with E-state index in [2.05, 4.69) is 10.6 Å². The lowest BCUT2D eigenvalue weighted by Crippen LogP contribution is -2.58. The second-order valence-electron chi connectivity index (χ2n) is 5.04. The highest BCUT2D eigenvalue weighted by Crippen LogP contribution is 2.34. The molecule has 3 atom stereocenters. The van der Waals surface area contributed by atoms with E-state index < -0.39 is 4.92 Å². The molecular weight excluding hydrogens is 262 g/mol. The SMILES string of the molecule is O=C1N[C@@H]2OCCC[C@@H]2[C@@H](c2ccc([N+](=O)[O-])cc2)N1. The van der Waals surface area contributed by atoms with Crippen molar-refractivity contribution in [2.24, 2.45) is 5.92 Å². The zero-order valence-electron chi connectivity index (χ0n) is 10.7. The van der Waals surface area contributed by atoms with Crippen molar-refractivity contribution in [3.05, 3.63) is 39.9 Å². The highest BCUT2D eigenvalue weighted by atomic mass is 16.6. The molecule has 0 bridgehead atoms. The molecule has 1 aromatic rings. The molecule has 2 amide bonds. The summed E-state index contributed by atoms with van der Waals surface area (Å²) < 4.78 is 5.59. The number of nitro benzene ring substituents is 1. The predicted molar refractivity (Wildman–Crippen MR) is 70.0 cm³/mol. The molecule has 0 unspecified atom stereocenters. The van der Waals surface area contributed by atoms with Crippen molar-refractivity contribution in [2.75, 3.05) is 6.61 Å². The summed E-state index contributed by atoms with van der Waals surface area (Å²) in [5.74, 6) is 0.142. The summed E-state index contributed by atoms with van der Waals surface area (Å²) in [6, 6.07) is 5.87. The third-order valence-electron chi connectivity index (χ3n) is 3.82. The van der Waals surface area contributed by atoms with Crippen LogP contribution in [0.5, 0.6) is 0 Å². The van der Waals surface area contributed by atoms with Gasteiger partial charge in [-0.05, 0) is 18.4 Å². The molecule has 1 aromatic carbocycles. The number of carbonyl (C=O) groups is 1. The first-order chi connectivity index (χ1) is 9.65. The van der Waals surface area contributed by atoms with Crippen LogP contribution >= 0.6 is 0 Å². The van der Waals surface area contributed by atoms with Crippen molar-refractivity contribution in [1.29, 1.82) is 0 Å². The second-order valence-corrected chi connectivity index (χ2v) is 5.04. The summed E-state index contributed by atoms with van der Waals surface area (Å²) in [5.41, 5.74) is 0.913. The molecule has 7 nitrogen and oxygen atoms in total. The fraction of sp³-hybridized carbons (Fsp3) is 0.462. The second kappa shape index (κ2) is 5.09. The van der Waals surface area contributed by atoms with E-state index in [0.717, 1.165) is 18.4 Å². The standard InChI is InChI=1S/C13H15N3O4/c17-13-14-11(10-2-1-7-20-12(10)15-13)8-3-5-9(6-4-8)16(18)19/h3-6,10-12H,1-2,7H2,(H2,14,15,17)/t10-,11-,12-/m1/s1. The minimum atomic E-state index is -0.433. The predicted octanol–water partition coefficient (Wildman–Crippen LogP) is 1.70. The fourth-order valence-corrected chi connectivity index (χ4v) is 2.85. The largest absolute Gasteiger partial charge is 0.358 e. The van der Waals surface area contributed by atoms with Crippen LogP contribution < -0.4 is 10.6 Å². The summed E-state index contributed by atoms with van der Waals surface area (Å²) >= 11 is 0. The first-order valence-corrected chi connectivity index (χ1v) is 6.58. The smallest absolute Gasteiger partial charge is 0.317 e. The van der Waals surface area contributed by atoms with Gasteiger partial charge in [-0.3, -0.25) is 10.1 Å². The van der Waals surface area contributed by atoms with Gasteiger partial charge in [-0.2, -0.15) is 0 Å².